The average Bonchev–Trinajstić information content (AvgIpc) is 2.74. The summed E-state index contributed by atoms with van der Waals surface area (Å²) in [4.78, 5) is 16.5. The van der Waals surface area contributed by atoms with E-state index in [-0.39, 0.29) is 11.2 Å². The van der Waals surface area contributed by atoms with Crippen LogP contribution in [0, 0.1) is 10.8 Å². The van der Waals surface area contributed by atoms with Gasteiger partial charge in [-0.25, -0.2) is 0 Å². The number of carbonyl (C=O) groups is 1. The summed E-state index contributed by atoms with van der Waals surface area (Å²) in [5, 5.41) is 0.559. The molecule has 1 atom stereocenters. The number of carbonyl (C=O) groups excluding carboxylic acids is 1. The SMILES string of the molecule is O=C1C(CCl)(CCl)CCC12CN=C(Cl)C2. The normalized spacial score (nSPS) is 33.8. The maximum absolute atomic E-state index is 12.4. The molecule has 5 heteroatoms. The highest BCUT2D eigenvalue weighted by molar-refractivity contribution is 6.66. The van der Waals surface area contributed by atoms with Gasteiger partial charge in [0.05, 0.1) is 17.4 Å². The molecule has 84 valence electrons. The van der Waals surface area contributed by atoms with Crippen molar-refractivity contribution in [2.24, 2.45) is 15.8 Å². The van der Waals surface area contributed by atoms with Crippen molar-refractivity contribution in [3.8, 4) is 0 Å². The Morgan fingerprint density at radius 1 is 1.27 bits per heavy atom. The molecule has 0 radical (unpaired) electrons. The summed E-state index contributed by atoms with van der Waals surface area (Å²) >= 11 is 17.6. The lowest BCUT2D eigenvalue weighted by molar-refractivity contribution is -0.131. The minimum absolute atomic E-state index is 0.166. The molecule has 0 aromatic heterocycles. The van der Waals surface area contributed by atoms with Gasteiger partial charge in [0.15, 0.2) is 0 Å². The molecular weight excluding hydrogens is 256 g/mol. The molecule has 0 saturated heterocycles. The Morgan fingerprint density at radius 2 is 1.93 bits per heavy atom. The third-order valence-corrected chi connectivity index (χ3v) is 4.87. The van der Waals surface area contributed by atoms with E-state index in [1.165, 1.54) is 0 Å². The van der Waals surface area contributed by atoms with Gasteiger partial charge in [0.2, 0.25) is 0 Å². The van der Waals surface area contributed by atoms with E-state index in [0.29, 0.717) is 29.9 Å². The Morgan fingerprint density at radius 3 is 2.33 bits per heavy atom. The van der Waals surface area contributed by atoms with Crippen LogP contribution >= 0.6 is 34.8 Å². The largest absolute Gasteiger partial charge is 0.298 e. The number of rotatable bonds is 2. The van der Waals surface area contributed by atoms with Crippen LogP contribution in [0.3, 0.4) is 0 Å². The van der Waals surface area contributed by atoms with Gasteiger partial charge in [0.25, 0.3) is 0 Å². The number of alkyl halides is 2. The molecule has 0 N–H and O–H groups in total. The van der Waals surface area contributed by atoms with E-state index in [9.17, 15) is 4.79 Å². The summed E-state index contributed by atoms with van der Waals surface area (Å²) in [5.41, 5.74) is -0.930. The second-order valence-corrected chi connectivity index (χ2v) is 5.50. The van der Waals surface area contributed by atoms with E-state index in [4.69, 9.17) is 34.8 Å². The number of hydrogen-bond donors (Lipinski definition) is 0. The minimum Gasteiger partial charge on any atom is -0.298 e. The van der Waals surface area contributed by atoms with Crippen LogP contribution in [-0.2, 0) is 4.79 Å². The Labute approximate surface area is 104 Å². The Hall–Kier alpha value is 0.210. The first kappa shape index (κ1) is 11.7. The van der Waals surface area contributed by atoms with Crippen LogP contribution < -0.4 is 0 Å². The lowest BCUT2D eigenvalue weighted by atomic mass is 9.79. The Bertz CT molecular complexity index is 325. The van der Waals surface area contributed by atoms with E-state index in [2.05, 4.69) is 4.99 Å². The number of ketones is 1. The zero-order valence-corrected chi connectivity index (χ0v) is 10.5. The smallest absolute Gasteiger partial charge is 0.149 e. The molecular formula is C10H12Cl3NO. The van der Waals surface area contributed by atoms with Crippen LogP contribution in [0.5, 0.6) is 0 Å². The van der Waals surface area contributed by atoms with Crippen LogP contribution in [0.1, 0.15) is 19.3 Å². The maximum Gasteiger partial charge on any atom is 0.149 e. The molecule has 2 nitrogen and oxygen atoms in total. The highest BCUT2D eigenvalue weighted by Gasteiger charge is 2.57. The molecule has 1 heterocycles. The summed E-state index contributed by atoms with van der Waals surface area (Å²) in [6.45, 7) is 0.514. The van der Waals surface area contributed by atoms with Crippen molar-refractivity contribution in [3.05, 3.63) is 0 Å². The van der Waals surface area contributed by atoms with Crippen LogP contribution in [0.2, 0.25) is 0 Å². The maximum atomic E-state index is 12.4. The fraction of sp³-hybridized carbons (Fsp3) is 0.800. The molecule has 1 saturated carbocycles. The van der Waals surface area contributed by atoms with E-state index in [1.807, 2.05) is 0 Å². The van der Waals surface area contributed by atoms with Crippen LogP contribution in [0.25, 0.3) is 0 Å². The summed E-state index contributed by atoms with van der Waals surface area (Å²) in [6.07, 6.45) is 2.15. The lowest BCUT2D eigenvalue weighted by Crippen LogP contribution is -2.39. The Balaban J connectivity index is 2.25. The summed E-state index contributed by atoms with van der Waals surface area (Å²) < 4.78 is 0. The Kier molecular flexibility index (Phi) is 3.04. The number of Topliss-reactive ketones (excluding diaryl/α,β-unsaturated/α-hetero) is 1. The number of aliphatic imine (C=N–C) groups is 1. The zero-order chi connectivity index (χ0) is 11.1. The standard InChI is InChI=1S/C10H12Cl3NO/c11-4-10(5-12)2-1-9(8(10)15)3-7(13)14-6-9/h1-6H2. The van der Waals surface area contributed by atoms with E-state index >= 15 is 0 Å². The van der Waals surface area contributed by atoms with Crippen molar-refractivity contribution < 1.29 is 4.79 Å². The molecule has 1 unspecified atom stereocenters. The molecule has 0 aromatic carbocycles. The van der Waals surface area contributed by atoms with Crippen LogP contribution in [0.4, 0.5) is 0 Å². The predicted octanol–water partition coefficient (Wildman–Crippen LogP) is 2.84. The molecule has 1 aliphatic heterocycles. The monoisotopic (exact) mass is 267 g/mol. The number of halogens is 3. The van der Waals surface area contributed by atoms with Gasteiger partial charge in [-0.05, 0) is 12.8 Å². The molecule has 2 rings (SSSR count). The lowest BCUT2D eigenvalue weighted by Gasteiger charge is -2.26. The van der Waals surface area contributed by atoms with Crippen molar-refractivity contribution in [1.29, 1.82) is 0 Å². The van der Waals surface area contributed by atoms with Gasteiger partial charge in [-0.3, -0.25) is 9.79 Å². The first-order valence-electron chi connectivity index (χ1n) is 4.94. The predicted molar refractivity (Wildman–Crippen MR) is 63.3 cm³/mol. The molecule has 0 bridgehead atoms. The molecule has 1 aliphatic carbocycles. The van der Waals surface area contributed by atoms with Crippen molar-refractivity contribution in [2.75, 3.05) is 18.3 Å². The fourth-order valence-electron chi connectivity index (χ4n) is 2.51. The van der Waals surface area contributed by atoms with Gasteiger partial charge in [-0.2, -0.15) is 0 Å². The van der Waals surface area contributed by atoms with Crippen molar-refractivity contribution >= 4 is 45.8 Å². The second-order valence-electron chi connectivity index (χ2n) is 4.53. The van der Waals surface area contributed by atoms with E-state index < -0.39 is 5.41 Å². The highest BCUT2D eigenvalue weighted by atomic mass is 35.5. The number of hydrogen-bond acceptors (Lipinski definition) is 2. The molecule has 15 heavy (non-hydrogen) atoms. The van der Waals surface area contributed by atoms with Gasteiger partial charge in [-0.1, -0.05) is 11.6 Å². The first-order chi connectivity index (χ1) is 7.08. The summed E-state index contributed by atoms with van der Waals surface area (Å²) in [7, 11) is 0. The van der Waals surface area contributed by atoms with Crippen molar-refractivity contribution in [1.82, 2.24) is 0 Å². The first-order valence-corrected chi connectivity index (χ1v) is 6.39. The molecule has 0 aromatic rings. The van der Waals surface area contributed by atoms with Gasteiger partial charge in [0.1, 0.15) is 11.0 Å². The van der Waals surface area contributed by atoms with Crippen molar-refractivity contribution in [2.45, 2.75) is 19.3 Å². The quantitative estimate of drug-likeness (QED) is 0.708. The molecule has 1 spiro atoms. The topological polar surface area (TPSA) is 29.4 Å². The summed E-state index contributed by atoms with van der Waals surface area (Å²) in [6, 6.07) is 0. The van der Waals surface area contributed by atoms with Crippen molar-refractivity contribution in [3.63, 3.8) is 0 Å². The zero-order valence-electron chi connectivity index (χ0n) is 8.23. The number of nitrogens with zero attached hydrogens (tertiary/aromatic N) is 1. The molecule has 2 aliphatic rings. The highest BCUT2D eigenvalue weighted by Crippen LogP contribution is 2.51. The van der Waals surface area contributed by atoms with Crippen LogP contribution in [-0.4, -0.2) is 29.3 Å². The van der Waals surface area contributed by atoms with Gasteiger partial charge < -0.3 is 0 Å². The van der Waals surface area contributed by atoms with Gasteiger partial charge in [0, 0.05) is 18.2 Å². The van der Waals surface area contributed by atoms with Crippen LogP contribution in [0.15, 0.2) is 4.99 Å². The van der Waals surface area contributed by atoms with Gasteiger partial charge >= 0.3 is 0 Å². The molecule has 1 fully saturated rings. The minimum atomic E-state index is -0.542. The van der Waals surface area contributed by atoms with E-state index in [1.54, 1.807) is 0 Å². The summed E-state index contributed by atoms with van der Waals surface area (Å²) in [5.74, 6) is 0.767. The second kappa shape index (κ2) is 3.90. The third kappa shape index (κ3) is 1.62. The third-order valence-electron chi connectivity index (χ3n) is 3.59. The van der Waals surface area contributed by atoms with E-state index in [0.717, 1.165) is 12.8 Å². The average molecular weight is 269 g/mol. The fourth-order valence-corrected chi connectivity index (χ4v) is 3.62. The molecule has 0 amide bonds. The van der Waals surface area contributed by atoms with Gasteiger partial charge in [-0.15, -0.1) is 23.2 Å².